The molecule has 0 heterocycles. The lowest BCUT2D eigenvalue weighted by Gasteiger charge is -2.19. The van der Waals surface area contributed by atoms with Crippen LogP contribution in [0.2, 0.25) is 0 Å². The summed E-state index contributed by atoms with van der Waals surface area (Å²) in [4.78, 5) is 18.6. The van der Waals surface area contributed by atoms with Crippen molar-refractivity contribution in [3.8, 4) is 5.75 Å². The Balaban J connectivity index is 2.65. The first-order chi connectivity index (χ1) is 13.0. The number of benzene rings is 1. The SMILES string of the molecule is CCNC(=NCc1ccccc1OCC(C)C)NCCC(=O)N(CC)CC. The Bertz CT molecular complexity index is 583. The Hall–Kier alpha value is -2.24. The highest BCUT2D eigenvalue weighted by molar-refractivity contribution is 5.81. The molecule has 1 rings (SSSR count). The summed E-state index contributed by atoms with van der Waals surface area (Å²) in [5.74, 6) is 2.23. The third kappa shape index (κ3) is 8.80. The quantitative estimate of drug-likeness (QED) is 0.460. The number of para-hydroxylation sites is 1. The molecule has 1 amide bonds. The molecule has 0 aromatic heterocycles. The zero-order chi connectivity index (χ0) is 20.1. The Morgan fingerprint density at radius 2 is 1.85 bits per heavy atom. The average Bonchev–Trinajstić information content (AvgIpc) is 2.66. The molecular weight excluding hydrogens is 340 g/mol. The van der Waals surface area contributed by atoms with E-state index < -0.39 is 0 Å². The van der Waals surface area contributed by atoms with E-state index in [0.717, 1.165) is 30.9 Å². The van der Waals surface area contributed by atoms with E-state index in [1.807, 2.05) is 49.9 Å². The van der Waals surface area contributed by atoms with Gasteiger partial charge in [0.05, 0.1) is 13.2 Å². The number of rotatable bonds is 11. The molecule has 0 bridgehead atoms. The first kappa shape index (κ1) is 22.8. The number of carbonyl (C=O) groups is 1. The number of nitrogens with one attached hydrogen (secondary N) is 2. The number of hydrogen-bond acceptors (Lipinski definition) is 3. The summed E-state index contributed by atoms with van der Waals surface area (Å²) >= 11 is 0. The fourth-order valence-electron chi connectivity index (χ4n) is 2.56. The van der Waals surface area contributed by atoms with E-state index in [-0.39, 0.29) is 5.91 Å². The van der Waals surface area contributed by atoms with Crippen LogP contribution in [0, 0.1) is 5.92 Å². The van der Waals surface area contributed by atoms with Gasteiger partial charge in [-0.05, 0) is 32.8 Å². The average molecular weight is 377 g/mol. The van der Waals surface area contributed by atoms with Crippen molar-refractivity contribution in [1.82, 2.24) is 15.5 Å². The molecule has 0 radical (unpaired) electrons. The minimum Gasteiger partial charge on any atom is -0.493 e. The molecular formula is C21H36N4O2. The van der Waals surface area contributed by atoms with Gasteiger partial charge in [0.1, 0.15) is 5.75 Å². The van der Waals surface area contributed by atoms with Crippen molar-refractivity contribution >= 4 is 11.9 Å². The fraction of sp³-hybridized carbons (Fsp3) is 0.619. The van der Waals surface area contributed by atoms with Crippen molar-refractivity contribution in [3.05, 3.63) is 29.8 Å². The van der Waals surface area contributed by atoms with Crippen molar-refractivity contribution in [2.75, 3.05) is 32.8 Å². The van der Waals surface area contributed by atoms with Gasteiger partial charge in [-0.25, -0.2) is 4.99 Å². The topological polar surface area (TPSA) is 66.0 Å². The Morgan fingerprint density at radius 3 is 2.48 bits per heavy atom. The van der Waals surface area contributed by atoms with Crippen LogP contribution in [0.4, 0.5) is 0 Å². The predicted octanol–water partition coefficient (Wildman–Crippen LogP) is 3.04. The fourth-order valence-corrected chi connectivity index (χ4v) is 2.56. The van der Waals surface area contributed by atoms with Crippen LogP contribution in [-0.4, -0.2) is 49.6 Å². The summed E-state index contributed by atoms with van der Waals surface area (Å²) in [7, 11) is 0. The molecule has 1 aromatic rings. The number of ether oxygens (including phenoxy) is 1. The lowest BCUT2D eigenvalue weighted by atomic mass is 10.2. The summed E-state index contributed by atoms with van der Waals surface area (Å²) in [6, 6.07) is 7.99. The molecule has 0 aliphatic carbocycles. The van der Waals surface area contributed by atoms with Crippen molar-refractivity contribution in [3.63, 3.8) is 0 Å². The van der Waals surface area contributed by atoms with Crippen molar-refractivity contribution in [2.24, 2.45) is 10.9 Å². The highest BCUT2D eigenvalue weighted by Gasteiger charge is 2.09. The summed E-state index contributed by atoms with van der Waals surface area (Å²) in [5, 5.41) is 6.47. The van der Waals surface area contributed by atoms with E-state index in [1.54, 1.807) is 0 Å². The lowest BCUT2D eigenvalue weighted by Crippen LogP contribution is -2.40. The lowest BCUT2D eigenvalue weighted by molar-refractivity contribution is -0.130. The van der Waals surface area contributed by atoms with E-state index in [2.05, 4.69) is 29.5 Å². The third-order valence-electron chi connectivity index (χ3n) is 4.04. The number of nitrogens with zero attached hydrogens (tertiary/aromatic N) is 2. The third-order valence-corrected chi connectivity index (χ3v) is 4.04. The molecule has 0 atom stereocenters. The van der Waals surface area contributed by atoms with Crippen LogP contribution >= 0.6 is 0 Å². The summed E-state index contributed by atoms with van der Waals surface area (Å²) in [6.45, 7) is 14.3. The normalized spacial score (nSPS) is 11.4. The van der Waals surface area contributed by atoms with Gasteiger partial charge in [-0.1, -0.05) is 32.0 Å². The van der Waals surface area contributed by atoms with Gasteiger partial charge in [0.15, 0.2) is 5.96 Å². The predicted molar refractivity (Wildman–Crippen MR) is 112 cm³/mol. The van der Waals surface area contributed by atoms with Gasteiger partial charge < -0.3 is 20.3 Å². The maximum Gasteiger partial charge on any atom is 0.224 e. The monoisotopic (exact) mass is 376 g/mol. The van der Waals surface area contributed by atoms with Crippen LogP contribution in [0.15, 0.2) is 29.3 Å². The molecule has 0 fully saturated rings. The standard InChI is InChI=1S/C21H36N4O2/c1-6-22-21(23-14-13-20(26)25(7-2)8-3)24-15-18-11-9-10-12-19(18)27-16-17(4)5/h9-12,17H,6-8,13-16H2,1-5H3,(H2,22,23,24). The second-order valence-electron chi connectivity index (χ2n) is 6.75. The van der Waals surface area contributed by atoms with Crippen molar-refractivity contribution < 1.29 is 9.53 Å². The van der Waals surface area contributed by atoms with E-state index >= 15 is 0 Å². The van der Waals surface area contributed by atoms with Gasteiger partial charge in [-0.3, -0.25) is 4.79 Å². The zero-order valence-corrected chi connectivity index (χ0v) is 17.5. The Morgan fingerprint density at radius 1 is 1.15 bits per heavy atom. The first-order valence-electron chi connectivity index (χ1n) is 10.0. The molecule has 2 N–H and O–H groups in total. The highest BCUT2D eigenvalue weighted by atomic mass is 16.5. The van der Waals surface area contributed by atoms with E-state index in [1.165, 1.54) is 0 Å². The van der Waals surface area contributed by atoms with Crippen molar-refractivity contribution in [2.45, 2.75) is 47.6 Å². The molecule has 6 heteroatoms. The second-order valence-corrected chi connectivity index (χ2v) is 6.75. The number of aliphatic imine (C=N–C) groups is 1. The summed E-state index contributed by atoms with van der Waals surface area (Å²) < 4.78 is 5.89. The largest absolute Gasteiger partial charge is 0.493 e. The van der Waals surface area contributed by atoms with Gasteiger partial charge in [0, 0.05) is 38.2 Å². The zero-order valence-electron chi connectivity index (χ0n) is 17.5. The number of carbonyl (C=O) groups excluding carboxylic acids is 1. The van der Waals surface area contributed by atoms with Crippen LogP contribution in [0.1, 0.15) is 46.6 Å². The molecule has 0 aliphatic rings. The summed E-state index contributed by atoms with van der Waals surface area (Å²) in [5.41, 5.74) is 1.05. The minimum absolute atomic E-state index is 0.163. The maximum atomic E-state index is 12.1. The molecule has 1 aromatic carbocycles. The maximum absolute atomic E-state index is 12.1. The molecule has 0 aliphatic heterocycles. The molecule has 0 spiro atoms. The van der Waals surface area contributed by atoms with Crippen molar-refractivity contribution in [1.29, 1.82) is 0 Å². The molecule has 0 saturated carbocycles. The second kappa shape index (κ2) is 13.0. The van der Waals surface area contributed by atoms with Crippen LogP contribution in [-0.2, 0) is 11.3 Å². The number of amides is 1. The highest BCUT2D eigenvalue weighted by Crippen LogP contribution is 2.19. The summed E-state index contributed by atoms with van der Waals surface area (Å²) in [6.07, 6.45) is 0.459. The smallest absolute Gasteiger partial charge is 0.224 e. The Labute approximate surface area is 164 Å². The first-order valence-corrected chi connectivity index (χ1v) is 10.0. The molecule has 27 heavy (non-hydrogen) atoms. The number of guanidine groups is 1. The molecule has 152 valence electrons. The number of hydrogen-bond donors (Lipinski definition) is 2. The van der Waals surface area contributed by atoms with Gasteiger partial charge in [-0.15, -0.1) is 0 Å². The van der Waals surface area contributed by atoms with Gasteiger partial charge in [0.2, 0.25) is 5.91 Å². The van der Waals surface area contributed by atoms with E-state index in [4.69, 9.17) is 4.74 Å². The van der Waals surface area contributed by atoms with Crippen LogP contribution in [0.5, 0.6) is 5.75 Å². The van der Waals surface area contributed by atoms with Crippen LogP contribution < -0.4 is 15.4 Å². The van der Waals surface area contributed by atoms with Gasteiger partial charge in [0.25, 0.3) is 0 Å². The van der Waals surface area contributed by atoms with E-state index in [0.29, 0.717) is 38.0 Å². The minimum atomic E-state index is 0.163. The van der Waals surface area contributed by atoms with Gasteiger partial charge >= 0.3 is 0 Å². The van der Waals surface area contributed by atoms with Crippen LogP contribution in [0.3, 0.4) is 0 Å². The Kier molecular flexibility index (Phi) is 11.0. The van der Waals surface area contributed by atoms with Gasteiger partial charge in [-0.2, -0.15) is 0 Å². The molecule has 0 unspecified atom stereocenters. The van der Waals surface area contributed by atoms with Crippen LogP contribution in [0.25, 0.3) is 0 Å². The van der Waals surface area contributed by atoms with E-state index in [9.17, 15) is 4.79 Å². The molecule has 6 nitrogen and oxygen atoms in total. The molecule has 0 saturated heterocycles.